The van der Waals surface area contributed by atoms with Crippen molar-refractivity contribution < 1.29 is 4.79 Å². The Morgan fingerprint density at radius 2 is 2.25 bits per heavy atom. The quantitative estimate of drug-likeness (QED) is 0.793. The largest absolute Gasteiger partial charge is 0.355 e. The molecule has 2 N–H and O–H groups in total. The minimum Gasteiger partial charge on any atom is -0.355 e. The van der Waals surface area contributed by atoms with E-state index in [2.05, 4.69) is 29.7 Å². The minimum atomic E-state index is 0. The van der Waals surface area contributed by atoms with Crippen LogP contribution in [0, 0.1) is 12.8 Å². The second-order valence-corrected chi connectivity index (χ2v) is 6.07. The average molecular weight is 315 g/mol. The highest BCUT2D eigenvalue weighted by atomic mass is 35.5. The Morgan fingerprint density at radius 3 is 2.95 bits per heavy atom. The van der Waals surface area contributed by atoms with Crippen LogP contribution in [0.3, 0.4) is 0 Å². The fourth-order valence-corrected chi connectivity index (χ4v) is 3.15. The van der Waals surface area contributed by atoms with Crippen molar-refractivity contribution in [3.8, 4) is 0 Å². The minimum absolute atomic E-state index is 0. The van der Waals surface area contributed by atoms with Gasteiger partial charge in [-0.3, -0.25) is 4.79 Å². The summed E-state index contributed by atoms with van der Waals surface area (Å²) in [5.41, 5.74) is 1.23. The van der Waals surface area contributed by atoms with Crippen LogP contribution < -0.4 is 10.6 Å². The van der Waals surface area contributed by atoms with Crippen molar-refractivity contribution in [1.29, 1.82) is 0 Å². The number of carbonyl (C=O) groups excluding carboxylic acids is 1. The van der Waals surface area contributed by atoms with Gasteiger partial charge in [0.15, 0.2) is 0 Å². The van der Waals surface area contributed by atoms with Crippen LogP contribution in [0.2, 0.25) is 0 Å². The van der Waals surface area contributed by atoms with Gasteiger partial charge < -0.3 is 10.6 Å². The number of hydrogen-bond acceptors (Lipinski definition) is 3. The number of halogens is 1. The van der Waals surface area contributed by atoms with Gasteiger partial charge in [-0.15, -0.1) is 24.2 Å². The van der Waals surface area contributed by atoms with E-state index in [0.29, 0.717) is 5.75 Å². The third-order valence-electron chi connectivity index (χ3n) is 3.49. The molecule has 1 amide bonds. The fourth-order valence-electron chi connectivity index (χ4n) is 2.29. The van der Waals surface area contributed by atoms with Crippen molar-refractivity contribution in [1.82, 2.24) is 10.6 Å². The van der Waals surface area contributed by atoms with E-state index in [0.717, 1.165) is 32.0 Å². The van der Waals surface area contributed by atoms with Gasteiger partial charge in [0.25, 0.3) is 0 Å². The predicted molar refractivity (Wildman–Crippen MR) is 87.8 cm³/mol. The van der Waals surface area contributed by atoms with Crippen LogP contribution in [0.1, 0.15) is 18.4 Å². The Hall–Kier alpha value is -0.710. The van der Waals surface area contributed by atoms with E-state index in [-0.39, 0.29) is 18.3 Å². The predicted octanol–water partition coefficient (Wildman–Crippen LogP) is 2.62. The summed E-state index contributed by atoms with van der Waals surface area (Å²) in [6, 6.07) is 8.18. The highest BCUT2D eigenvalue weighted by Gasteiger charge is 2.14. The van der Waals surface area contributed by atoms with Gasteiger partial charge in [0, 0.05) is 11.4 Å². The van der Waals surface area contributed by atoms with Crippen molar-refractivity contribution >= 4 is 30.1 Å². The summed E-state index contributed by atoms with van der Waals surface area (Å²) in [6.45, 7) is 5.11. The number of nitrogens with one attached hydrogen (secondary N) is 2. The second kappa shape index (κ2) is 9.27. The molecule has 0 saturated carbocycles. The van der Waals surface area contributed by atoms with Gasteiger partial charge >= 0.3 is 0 Å². The molecule has 1 aliphatic heterocycles. The number of thioether (sulfide) groups is 1. The molecule has 1 fully saturated rings. The molecule has 2 rings (SSSR count). The number of hydrogen-bond donors (Lipinski definition) is 2. The maximum atomic E-state index is 11.8. The Balaban J connectivity index is 0.00000200. The zero-order valence-corrected chi connectivity index (χ0v) is 13.5. The van der Waals surface area contributed by atoms with Gasteiger partial charge in [0.2, 0.25) is 5.91 Å². The van der Waals surface area contributed by atoms with E-state index in [1.807, 2.05) is 12.1 Å². The van der Waals surface area contributed by atoms with Crippen molar-refractivity contribution in [2.24, 2.45) is 5.92 Å². The molecule has 1 saturated heterocycles. The smallest absolute Gasteiger partial charge is 0.230 e. The zero-order chi connectivity index (χ0) is 13.5. The molecular weight excluding hydrogens is 292 g/mol. The summed E-state index contributed by atoms with van der Waals surface area (Å²) < 4.78 is 0. The standard InChI is InChI=1S/C15H22N2OS.ClH/c1-12-4-2-3-5-14(12)19-11-15(18)17-9-7-13-6-8-16-10-13;/h2-5,13,16H,6-11H2,1H3,(H,17,18);1H. The molecule has 1 atom stereocenters. The van der Waals surface area contributed by atoms with Gasteiger partial charge in [0.1, 0.15) is 0 Å². The molecule has 0 aliphatic carbocycles. The number of amides is 1. The van der Waals surface area contributed by atoms with E-state index in [4.69, 9.17) is 0 Å². The first-order chi connectivity index (χ1) is 9.25. The molecule has 3 nitrogen and oxygen atoms in total. The highest BCUT2D eigenvalue weighted by molar-refractivity contribution is 8.00. The summed E-state index contributed by atoms with van der Waals surface area (Å²) in [6.07, 6.45) is 2.33. The first-order valence-electron chi connectivity index (χ1n) is 6.91. The topological polar surface area (TPSA) is 41.1 Å². The van der Waals surface area contributed by atoms with Crippen LogP contribution in [0.5, 0.6) is 0 Å². The number of aryl methyl sites for hydroxylation is 1. The Labute approximate surface area is 131 Å². The van der Waals surface area contributed by atoms with Crippen LogP contribution in [0.15, 0.2) is 29.2 Å². The molecule has 1 aromatic carbocycles. The lowest BCUT2D eigenvalue weighted by Gasteiger charge is -2.09. The maximum absolute atomic E-state index is 11.8. The first kappa shape index (κ1) is 17.3. The molecule has 0 bridgehead atoms. The first-order valence-corrected chi connectivity index (χ1v) is 7.90. The third-order valence-corrected chi connectivity index (χ3v) is 4.67. The van der Waals surface area contributed by atoms with Gasteiger partial charge in [-0.05, 0) is 50.4 Å². The summed E-state index contributed by atoms with van der Waals surface area (Å²) in [7, 11) is 0. The lowest BCUT2D eigenvalue weighted by atomic mass is 10.1. The molecule has 5 heteroatoms. The molecular formula is C15H23ClN2OS. The van der Waals surface area contributed by atoms with E-state index in [9.17, 15) is 4.79 Å². The van der Waals surface area contributed by atoms with E-state index >= 15 is 0 Å². The fraction of sp³-hybridized carbons (Fsp3) is 0.533. The molecule has 1 aromatic rings. The van der Waals surface area contributed by atoms with Crippen molar-refractivity contribution in [2.45, 2.75) is 24.7 Å². The van der Waals surface area contributed by atoms with E-state index < -0.39 is 0 Å². The van der Waals surface area contributed by atoms with Crippen molar-refractivity contribution in [3.05, 3.63) is 29.8 Å². The molecule has 0 aromatic heterocycles. The molecule has 20 heavy (non-hydrogen) atoms. The Morgan fingerprint density at radius 1 is 1.45 bits per heavy atom. The maximum Gasteiger partial charge on any atom is 0.230 e. The highest BCUT2D eigenvalue weighted by Crippen LogP contribution is 2.21. The molecule has 112 valence electrons. The summed E-state index contributed by atoms with van der Waals surface area (Å²) in [5, 5.41) is 6.36. The SMILES string of the molecule is Cc1ccccc1SCC(=O)NCCC1CCNC1.Cl. The lowest BCUT2D eigenvalue weighted by Crippen LogP contribution is -2.27. The lowest BCUT2D eigenvalue weighted by molar-refractivity contribution is -0.118. The normalized spacial score (nSPS) is 17.6. The van der Waals surface area contributed by atoms with Gasteiger partial charge in [-0.1, -0.05) is 18.2 Å². The van der Waals surface area contributed by atoms with Crippen LogP contribution >= 0.6 is 24.2 Å². The van der Waals surface area contributed by atoms with E-state index in [1.54, 1.807) is 11.8 Å². The van der Waals surface area contributed by atoms with Crippen molar-refractivity contribution in [3.63, 3.8) is 0 Å². The van der Waals surface area contributed by atoms with Crippen LogP contribution in [0.25, 0.3) is 0 Å². The monoisotopic (exact) mass is 314 g/mol. The van der Waals surface area contributed by atoms with Crippen LogP contribution in [-0.4, -0.2) is 31.3 Å². The van der Waals surface area contributed by atoms with Crippen molar-refractivity contribution in [2.75, 3.05) is 25.4 Å². The number of carbonyl (C=O) groups is 1. The number of benzene rings is 1. The molecule has 1 unspecified atom stereocenters. The zero-order valence-electron chi connectivity index (χ0n) is 11.9. The molecule has 1 aliphatic rings. The summed E-state index contributed by atoms with van der Waals surface area (Å²) >= 11 is 1.61. The average Bonchev–Trinajstić information content (AvgIpc) is 2.91. The molecule has 0 spiro atoms. The Kier molecular flexibility index (Phi) is 8.04. The third kappa shape index (κ3) is 5.73. The van der Waals surface area contributed by atoms with Gasteiger partial charge in [-0.25, -0.2) is 0 Å². The van der Waals surface area contributed by atoms with Gasteiger partial charge in [-0.2, -0.15) is 0 Å². The number of rotatable bonds is 6. The van der Waals surface area contributed by atoms with Crippen LogP contribution in [0.4, 0.5) is 0 Å². The summed E-state index contributed by atoms with van der Waals surface area (Å²) in [4.78, 5) is 12.9. The van der Waals surface area contributed by atoms with E-state index in [1.165, 1.54) is 16.9 Å². The summed E-state index contributed by atoms with van der Waals surface area (Å²) in [5.74, 6) is 1.39. The Bertz CT molecular complexity index is 422. The second-order valence-electron chi connectivity index (χ2n) is 5.05. The van der Waals surface area contributed by atoms with Gasteiger partial charge in [0.05, 0.1) is 5.75 Å². The molecule has 1 heterocycles. The van der Waals surface area contributed by atoms with Crippen LogP contribution in [-0.2, 0) is 4.79 Å². The molecule has 0 radical (unpaired) electrons.